The van der Waals surface area contributed by atoms with E-state index in [1.54, 1.807) is 18.2 Å². The van der Waals surface area contributed by atoms with Crippen LogP contribution in [0.1, 0.15) is 71.8 Å². The molecule has 4 saturated heterocycles. The van der Waals surface area contributed by atoms with Crippen molar-refractivity contribution in [2.24, 2.45) is 23.7 Å². The molecule has 12 nitrogen and oxygen atoms in total. The summed E-state index contributed by atoms with van der Waals surface area (Å²) in [5.41, 5.74) is 0.755. The predicted octanol–water partition coefficient (Wildman–Crippen LogP) is 6.25. The Bertz CT molecular complexity index is 1830. The van der Waals surface area contributed by atoms with E-state index in [0.717, 1.165) is 19.3 Å². The summed E-state index contributed by atoms with van der Waals surface area (Å²) >= 11 is 6.00. The first-order valence-corrected chi connectivity index (χ1v) is 17.4. The van der Waals surface area contributed by atoms with Gasteiger partial charge in [0.2, 0.25) is 17.6 Å². The average Bonchev–Trinajstić information content (AvgIpc) is 3.32. The first-order chi connectivity index (χ1) is 23.9. The van der Waals surface area contributed by atoms with Crippen LogP contribution < -0.4 is 10.2 Å². The predicted molar refractivity (Wildman–Crippen MR) is 178 cm³/mol. The van der Waals surface area contributed by atoms with E-state index in [1.807, 2.05) is 6.92 Å². The van der Waals surface area contributed by atoms with E-state index in [1.165, 1.54) is 36.4 Å². The molecule has 0 unspecified atom stereocenters. The second-order valence-corrected chi connectivity index (χ2v) is 14.5. The molecule has 5 heterocycles. The van der Waals surface area contributed by atoms with Gasteiger partial charge in [0.1, 0.15) is 25.0 Å². The van der Waals surface area contributed by atoms with Crippen LogP contribution in [0, 0.1) is 29.5 Å². The molecule has 3 aromatic rings. The van der Waals surface area contributed by atoms with Crippen LogP contribution in [0.3, 0.4) is 0 Å². The summed E-state index contributed by atoms with van der Waals surface area (Å²) in [6.45, 7) is 7.42. The molecular formula is C36H40ClFN4O8. The average molecular weight is 711 g/mol. The number of benzene rings is 2. The second kappa shape index (κ2) is 13.4. The summed E-state index contributed by atoms with van der Waals surface area (Å²) in [4.78, 5) is 60.6. The van der Waals surface area contributed by atoms with Gasteiger partial charge in [-0.05, 0) is 73.9 Å². The number of ether oxygens (including phenoxy) is 3. The van der Waals surface area contributed by atoms with Crippen molar-refractivity contribution in [1.82, 2.24) is 15.3 Å². The van der Waals surface area contributed by atoms with Gasteiger partial charge in [-0.25, -0.2) is 24.1 Å². The summed E-state index contributed by atoms with van der Waals surface area (Å²) in [7, 11) is 0. The minimum Gasteiger partial charge on any atom is -0.461 e. The molecule has 50 heavy (non-hydrogen) atoms. The van der Waals surface area contributed by atoms with Gasteiger partial charge in [0, 0.05) is 37.0 Å². The molecule has 14 heteroatoms. The number of hydrogen-bond acceptors (Lipinski definition) is 10. The molecule has 1 spiro atoms. The molecule has 2 bridgehead atoms. The van der Waals surface area contributed by atoms with Crippen LogP contribution in [-0.2, 0) is 45.0 Å². The molecule has 2 amide bonds. The summed E-state index contributed by atoms with van der Waals surface area (Å²) in [5.74, 6) is -1.92. The Kier molecular flexibility index (Phi) is 9.31. The molecule has 1 saturated carbocycles. The number of hydrogen-bond donors (Lipinski definition) is 1. The Morgan fingerprint density at radius 3 is 2.66 bits per heavy atom. The Morgan fingerprint density at radius 1 is 1.06 bits per heavy atom. The zero-order valence-corrected chi connectivity index (χ0v) is 29.1. The lowest BCUT2D eigenvalue weighted by Gasteiger charge is -2.60. The number of aromatic nitrogens is 2. The zero-order chi connectivity index (χ0) is 35.4. The topological polar surface area (TPSA) is 138 Å². The van der Waals surface area contributed by atoms with Crippen molar-refractivity contribution < 1.29 is 42.8 Å². The van der Waals surface area contributed by atoms with E-state index in [-0.39, 0.29) is 59.9 Å². The van der Waals surface area contributed by atoms with E-state index in [4.69, 9.17) is 35.6 Å². The molecule has 1 N–H and O–H groups in total. The maximum absolute atomic E-state index is 13.9. The van der Waals surface area contributed by atoms with Crippen molar-refractivity contribution in [2.45, 2.75) is 96.7 Å². The Hall–Kier alpha value is -3.75. The molecule has 266 valence electrons. The highest BCUT2D eigenvalue weighted by atomic mass is 35.5. The van der Waals surface area contributed by atoms with E-state index in [2.05, 4.69) is 29.1 Å². The molecule has 2 aromatic carbocycles. The van der Waals surface area contributed by atoms with Gasteiger partial charge in [0.05, 0.1) is 22.6 Å². The zero-order valence-electron chi connectivity index (χ0n) is 28.3. The second-order valence-electron chi connectivity index (χ2n) is 14.1. The van der Waals surface area contributed by atoms with E-state index < -0.39 is 35.7 Å². The van der Waals surface area contributed by atoms with Gasteiger partial charge in [-0.1, -0.05) is 31.5 Å². The summed E-state index contributed by atoms with van der Waals surface area (Å²) in [5, 5.41) is 3.35. The third-order valence-corrected chi connectivity index (χ3v) is 11.1. The number of esters is 1. The van der Waals surface area contributed by atoms with Crippen molar-refractivity contribution in [2.75, 3.05) is 4.90 Å². The fourth-order valence-corrected chi connectivity index (χ4v) is 8.36. The van der Waals surface area contributed by atoms with Crippen molar-refractivity contribution >= 4 is 51.8 Å². The lowest BCUT2D eigenvalue weighted by Crippen LogP contribution is -2.71. The van der Waals surface area contributed by atoms with E-state index in [0.29, 0.717) is 34.5 Å². The first-order valence-electron chi connectivity index (χ1n) is 17.0. The highest BCUT2D eigenvalue weighted by molar-refractivity contribution is 6.31. The highest BCUT2D eigenvalue weighted by Gasteiger charge is 2.69. The largest absolute Gasteiger partial charge is 0.461 e. The van der Waals surface area contributed by atoms with Gasteiger partial charge in [0.25, 0.3) is 0 Å². The van der Waals surface area contributed by atoms with Crippen LogP contribution >= 0.6 is 11.6 Å². The highest BCUT2D eigenvalue weighted by Crippen LogP contribution is 2.60. The molecule has 5 aliphatic rings. The van der Waals surface area contributed by atoms with Gasteiger partial charge in [-0.2, -0.15) is 0 Å². The normalized spacial score (nSPS) is 31.4. The Balaban J connectivity index is 0.978. The van der Waals surface area contributed by atoms with Crippen LogP contribution in [0.2, 0.25) is 5.02 Å². The van der Waals surface area contributed by atoms with Crippen LogP contribution in [-0.4, -0.2) is 51.7 Å². The maximum Gasteiger partial charge on any atom is 0.306 e. The quantitative estimate of drug-likeness (QED) is 0.211. The van der Waals surface area contributed by atoms with E-state index >= 15 is 0 Å². The Labute approximate surface area is 293 Å². The van der Waals surface area contributed by atoms with Crippen molar-refractivity contribution in [3.8, 4) is 0 Å². The number of carbonyl (C=O) groups excluding carboxylic acids is 3. The Morgan fingerprint density at radius 2 is 1.88 bits per heavy atom. The van der Waals surface area contributed by atoms with Crippen molar-refractivity contribution in [3.05, 3.63) is 59.1 Å². The molecule has 4 aliphatic heterocycles. The lowest BCUT2D eigenvalue weighted by molar-refractivity contribution is -0.571. The third-order valence-electron chi connectivity index (χ3n) is 10.8. The summed E-state index contributed by atoms with van der Waals surface area (Å²) in [6.07, 6.45) is 3.35. The molecule has 8 rings (SSSR count). The fourth-order valence-electron chi connectivity index (χ4n) is 8.19. The minimum absolute atomic E-state index is 0.0595. The van der Waals surface area contributed by atoms with Gasteiger partial charge < -0.3 is 19.5 Å². The monoisotopic (exact) mass is 710 g/mol. The standard InChI is InChI=1S/C36H40ClFN4O8/c1-19-5-8-26-20(2)33(47-34-36(26)25(19)13-14-35(4,48-34)49-50-36)41-30(44)11-12-31(45)46-17-22-6-10-29-24(15-22)32(40-18-39-29)42(21(3)43)23-7-9-28(38)27(37)16-23/h6-7,9-10,15-16,18-20,25-26,33-34H,5,8,11-14,17H2,1-4H3,(H,41,44)/t19-,20-,25+,26+,33-,34-,35-,36-/m1/s1. The van der Waals surface area contributed by atoms with Gasteiger partial charge in [-0.3, -0.25) is 19.3 Å². The molecule has 8 atom stereocenters. The first kappa shape index (κ1) is 34.7. The minimum atomic E-state index is -0.917. The molecular weight excluding hydrogens is 671 g/mol. The van der Waals surface area contributed by atoms with E-state index in [9.17, 15) is 18.8 Å². The van der Waals surface area contributed by atoms with Crippen LogP contribution in [0.15, 0.2) is 42.7 Å². The summed E-state index contributed by atoms with van der Waals surface area (Å²) < 4.78 is 32.1. The lowest BCUT2D eigenvalue weighted by atomic mass is 9.58. The van der Waals surface area contributed by atoms with Gasteiger partial charge >= 0.3 is 5.97 Å². The van der Waals surface area contributed by atoms with Crippen LogP contribution in [0.5, 0.6) is 0 Å². The number of nitrogens with one attached hydrogen (secondary N) is 1. The fraction of sp³-hybridized carbons (Fsp3) is 0.528. The molecule has 0 radical (unpaired) electrons. The van der Waals surface area contributed by atoms with Gasteiger partial charge in [0.15, 0.2) is 17.7 Å². The smallest absolute Gasteiger partial charge is 0.306 e. The number of anilines is 2. The van der Waals surface area contributed by atoms with Crippen LogP contribution in [0.4, 0.5) is 15.9 Å². The number of fused-ring (bicyclic) bond motifs is 3. The molecule has 1 aromatic heterocycles. The number of carbonyl (C=O) groups is 3. The number of halogens is 2. The maximum atomic E-state index is 13.9. The number of nitrogens with zero attached hydrogens (tertiary/aromatic N) is 3. The SMILES string of the molecule is CC(=O)N(c1ccc(F)c(Cl)c1)c1ncnc2ccc(COC(=O)CCC(=O)N[C@@H]3O[C@@H]4O[C@@]5(C)CC[C@H]6[C@H](C)CC[C@@H]([C@H]3C)[C@@]46OO5)cc12. The van der Waals surface area contributed by atoms with Crippen LogP contribution in [0.25, 0.3) is 10.9 Å². The van der Waals surface area contributed by atoms with Gasteiger partial charge in [-0.15, -0.1) is 0 Å². The van der Waals surface area contributed by atoms with Crippen molar-refractivity contribution in [1.29, 1.82) is 0 Å². The number of amides is 2. The molecule has 1 aliphatic carbocycles. The summed E-state index contributed by atoms with van der Waals surface area (Å²) in [6, 6.07) is 9.13. The third kappa shape index (κ3) is 6.23. The van der Waals surface area contributed by atoms with Crippen molar-refractivity contribution in [3.63, 3.8) is 0 Å². The molecule has 5 fully saturated rings. The number of rotatable bonds is 8.